The van der Waals surface area contributed by atoms with Gasteiger partial charge < -0.3 is 9.47 Å². The van der Waals surface area contributed by atoms with Gasteiger partial charge in [-0.05, 0) is 42.9 Å². The van der Waals surface area contributed by atoms with Crippen molar-refractivity contribution in [2.75, 3.05) is 6.61 Å². The van der Waals surface area contributed by atoms with Gasteiger partial charge in [-0.25, -0.2) is 0 Å². The molecule has 0 spiro atoms. The Hall–Kier alpha value is -0.570. The van der Waals surface area contributed by atoms with Crippen LogP contribution in [0, 0.1) is 23.7 Å². The second-order valence-corrected chi connectivity index (χ2v) is 6.86. The van der Waals surface area contributed by atoms with Crippen LogP contribution < -0.4 is 0 Å². The van der Waals surface area contributed by atoms with E-state index in [0.717, 1.165) is 19.3 Å². The van der Waals surface area contributed by atoms with Crippen LogP contribution in [0.3, 0.4) is 0 Å². The number of hydrogen-bond donors (Lipinski definition) is 0. The number of carbonyl (C=O) groups is 1. The average Bonchev–Trinajstić information content (AvgIpc) is 3.13. The highest BCUT2D eigenvalue weighted by molar-refractivity contribution is 5.69. The molecule has 5 unspecified atom stereocenters. The third kappa shape index (κ3) is 4.20. The Labute approximate surface area is 117 Å². The molecule has 0 aromatic rings. The van der Waals surface area contributed by atoms with Gasteiger partial charge in [-0.15, -0.1) is 0 Å². The Morgan fingerprint density at radius 1 is 1.21 bits per heavy atom. The summed E-state index contributed by atoms with van der Waals surface area (Å²) in [6, 6.07) is 0. The van der Waals surface area contributed by atoms with Crippen LogP contribution in [0.5, 0.6) is 0 Å². The van der Waals surface area contributed by atoms with Crippen LogP contribution in [0.4, 0.5) is 0 Å². The minimum atomic E-state index is -0.0289. The van der Waals surface area contributed by atoms with Crippen LogP contribution in [0.1, 0.15) is 53.4 Å². The summed E-state index contributed by atoms with van der Waals surface area (Å²) in [6.07, 6.45) is 4.92. The van der Waals surface area contributed by atoms with Crippen LogP contribution in [-0.4, -0.2) is 24.8 Å². The highest BCUT2D eigenvalue weighted by Crippen LogP contribution is 2.39. The summed E-state index contributed by atoms with van der Waals surface area (Å²) in [5.41, 5.74) is 0. The minimum absolute atomic E-state index is 0.0289. The van der Waals surface area contributed by atoms with E-state index in [9.17, 15) is 4.79 Å². The van der Waals surface area contributed by atoms with Crippen LogP contribution in [-0.2, 0) is 14.3 Å². The van der Waals surface area contributed by atoms with Crippen molar-refractivity contribution < 1.29 is 14.3 Å². The Bertz CT molecular complexity index is 313. The maximum Gasteiger partial charge on any atom is 0.306 e. The lowest BCUT2D eigenvalue weighted by atomic mass is 9.84. The van der Waals surface area contributed by atoms with Gasteiger partial charge in [-0.2, -0.15) is 0 Å². The lowest BCUT2D eigenvalue weighted by Crippen LogP contribution is -2.23. The largest absolute Gasteiger partial charge is 0.465 e. The molecular formula is C16H28O3. The zero-order chi connectivity index (χ0) is 14.0. The second-order valence-electron chi connectivity index (χ2n) is 6.86. The van der Waals surface area contributed by atoms with Crippen molar-refractivity contribution in [1.29, 1.82) is 0 Å². The fraction of sp³-hybridized carbons (Fsp3) is 0.938. The average molecular weight is 268 g/mol. The molecule has 2 rings (SSSR count). The lowest BCUT2D eigenvalue weighted by Gasteiger charge is -2.23. The molecule has 5 atom stereocenters. The van der Waals surface area contributed by atoms with Crippen molar-refractivity contribution in [3.8, 4) is 0 Å². The third-order valence-electron chi connectivity index (χ3n) is 5.03. The van der Waals surface area contributed by atoms with Gasteiger partial charge in [-0.3, -0.25) is 4.79 Å². The molecule has 1 saturated carbocycles. The fourth-order valence-corrected chi connectivity index (χ4v) is 3.01. The van der Waals surface area contributed by atoms with E-state index >= 15 is 0 Å². The van der Waals surface area contributed by atoms with E-state index in [-0.39, 0.29) is 5.97 Å². The summed E-state index contributed by atoms with van der Waals surface area (Å²) in [7, 11) is 0. The van der Waals surface area contributed by atoms with Crippen LogP contribution in [0.2, 0.25) is 0 Å². The summed E-state index contributed by atoms with van der Waals surface area (Å²) in [5.74, 6) is 2.06. The highest BCUT2D eigenvalue weighted by atomic mass is 16.6. The molecule has 2 fully saturated rings. The first-order chi connectivity index (χ1) is 8.97. The van der Waals surface area contributed by atoms with Crippen molar-refractivity contribution in [2.45, 2.75) is 65.6 Å². The van der Waals surface area contributed by atoms with Crippen molar-refractivity contribution in [1.82, 2.24) is 0 Å². The summed E-state index contributed by atoms with van der Waals surface area (Å²) in [5, 5.41) is 0. The van der Waals surface area contributed by atoms with Gasteiger partial charge in [0.2, 0.25) is 0 Å². The topological polar surface area (TPSA) is 38.8 Å². The van der Waals surface area contributed by atoms with Gasteiger partial charge in [0.1, 0.15) is 0 Å². The number of esters is 1. The summed E-state index contributed by atoms with van der Waals surface area (Å²) in [4.78, 5) is 11.9. The molecule has 0 aromatic heterocycles. The molecule has 0 aromatic carbocycles. The number of hydrogen-bond acceptors (Lipinski definition) is 3. The molecule has 2 aliphatic rings. The molecule has 1 aliphatic carbocycles. The molecule has 1 saturated heterocycles. The molecule has 1 heterocycles. The molecule has 0 N–H and O–H groups in total. The van der Waals surface area contributed by atoms with Gasteiger partial charge in [0.05, 0.1) is 18.8 Å². The Morgan fingerprint density at radius 3 is 2.58 bits per heavy atom. The molecule has 0 radical (unpaired) electrons. The number of ether oxygens (including phenoxy) is 2. The van der Waals surface area contributed by atoms with E-state index in [1.54, 1.807) is 0 Å². The number of carbonyl (C=O) groups excluding carboxylic acids is 1. The van der Waals surface area contributed by atoms with Crippen LogP contribution in [0.15, 0.2) is 0 Å². The van der Waals surface area contributed by atoms with Crippen molar-refractivity contribution in [3.63, 3.8) is 0 Å². The number of fused-ring (bicyclic) bond motifs is 1. The third-order valence-corrected chi connectivity index (χ3v) is 5.03. The van der Waals surface area contributed by atoms with Crippen LogP contribution in [0.25, 0.3) is 0 Å². The highest BCUT2D eigenvalue weighted by Gasteiger charge is 2.44. The van der Waals surface area contributed by atoms with E-state index in [1.807, 2.05) is 0 Å². The SMILES string of the molecule is CC(C)C(C)C(C)CC(=O)OCC1CCC2OC2C1. The molecule has 0 bridgehead atoms. The molecule has 19 heavy (non-hydrogen) atoms. The summed E-state index contributed by atoms with van der Waals surface area (Å²) in [6.45, 7) is 9.37. The van der Waals surface area contributed by atoms with Crippen molar-refractivity contribution in [2.24, 2.45) is 23.7 Å². The van der Waals surface area contributed by atoms with E-state index < -0.39 is 0 Å². The van der Waals surface area contributed by atoms with E-state index in [2.05, 4.69) is 27.7 Å². The van der Waals surface area contributed by atoms with E-state index in [4.69, 9.17) is 9.47 Å². The standard InChI is InChI=1S/C16H28O3/c1-10(2)12(4)11(3)7-16(17)18-9-13-5-6-14-15(8-13)19-14/h10-15H,5-9H2,1-4H3. The number of epoxide rings is 1. The first-order valence-corrected chi connectivity index (χ1v) is 7.78. The van der Waals surface area contributed by atoms with Crippen molar-refractivity contribution >= 4 is 5.97 Å². The van der Waals surface area contributed by atoms with Gasteiger partial charge >= 0.3 is 5.97 Å². The Kier molecular flexibility index (Phi) is 4.88. The first-order valence-electron chi connectivity index (χ1n) is 7.78. The maximum atomic E-state index is 11.9. The van der Waals surface area contributed by atoms with Gasteiger partial charge in [0.25, 0.3) is 0 Å². The molecule has 3 heteroatoms. The number of rotatable bonds is 6. The van der Waals surface area contributed by atoms with Gasteiger partial charge in [0.15, 0.2) is 0 Å². The van der Waals surface area contributed by atoms with E-state index in [0.29, 0.717) is 48.9 Å². The molecular weight excluding hydrogens is 240 g/mol. The van der Waals surface area contributed by atoms with Crippen LogP contribution >= 0.6 is 0 Å². The molecule has 1 aliphatic heterocycles. The zero-order valence-electron chi connectivity index (χ0n) is 12.7. The summed E-state index contributed by atoms with van der Waals surface area (Å²) < 4.78 is 11.0. The smallest absolute Gasteiger partial charge is 0.306 e. The first kappa shape index (κ1) is 14.8. The monoisotopic (exact) mass is 268 g/mol. The predicted octanol–water partition coefficient (Wildman–Crippen LogP) is 3.42. The van der Waals surface area contributed by atoms with E-state index in [1.165, 1.54) is 0 Å². The molecule has 0 amide bonds. The fourth-order valence-electron chi connectivity index (χ4n) is 3.01. The Morgan fingerprint density at radius 2 is 1.95 bits per heavy atom. The lowest BCUT2D eigenvalue weighted by molar-refractivity contribution is -0.146. The Balaban J connectivity index is 1.63. The maximum absolute atomic E-state index is 11.9. The molecule has 110 valence electrons. The van der Waals surface area contributed by atoms with Gasteiger partial charge in [-0.1, -0.05) is 27.7 Å². The second kappa shape index (κ2) is 6.25. The van der Waals surface area contributed by atoms with Gasteiger partial charge in [0, 0.05) is 6.42 Å². The molecule has 3 nitrogen and oxygen atoms in total. The minimum Gasteiger partial charge on any atom is -0.465 e. The predicted molar refractivity (Wildman–Crippen MR) is 74.7 cm³/mol. The summed E-state index contributed by atoms with van der Waals surface area (Å²) >= 11 is 0. The zero-order valence-corrected chi connectivity index (χ0v) is 12.7. The quantitative estimate of drug-likeness (QED) is 0.547. The van der Waals surface area contributed by atoms with Crippen molar-refractivity contribution in [3.05, 3.63) is 0 Å². The normalized spacial score (nSPS) is 32.6.